The summed E-state index contributed by atoms with van der Waals surface area (Å²) in [6, 6.07) is 17.9. The molecule has 2 aromatic heterocycles. The monoisotopic (exact) mass is 436 g/mol. The number of carbonyl (C=O) groups excluding carboxylic acids is 1. The zero-order valence-corrected chi connectivity index (χ0v) is 18.4. The fourth-order valence-corrected chi connectivity index (χ4v) is 4.31. The molecule has 0 aliphatic carbocycles. The first kappa shape index (κ1) is 20.8. The summed E-state index contributed by atoms with van der Waals surface area (Å²) in [4.78, 5) is 23.7. The van der Waals surface area contributed by atoms with Crippen LogP contribution in [0.25, 0.3) is 16.8 Å². The molecule has 0 radical (unpaired) electrons. The van der Waals surface area contributed by atoms with E-state index >= 15 is 0 Å². The summed E-state index contributed by atoms with van der Waals surface area (Å²) in [5, 5.41) is 0. The first-order valence-electron chi connectivity index (χ1n) is 11.1. The summed E-state index contributed by atoms with van der Waals surface area (Å²) in [5.41, 5.74) is 3.85. The molecule has 6 heteroatoms. The molecule has 1 unspecified atom stereocenters. The molecule has 1 aliphatic rings. The van der Waals surface area contributed by atoms with E-state index in [4.69, 9.17) is 9.72 Å². The van der Waals surface area contributed by atoms with E-state index in [1.165, 1.54) is 0 Å². The lowest BCUT2D eigenvalue weighted by Crippen LogP contribution is -2.30. The second kappa shape index (κ2) is 9.17. The number of nitrogens with zero attached hydrogens (tertiary/aromatic N) is 4. The zero-order valence-electron chi connectivity index (χ0n) is 18.4. The molecule has 1 fully saturated rings. The first-order chi connectivity index (χ1) is 16.2. The van der Waals surface area contributed by atoms with Crippen molar-refractivity contribution in [2.24, 2.45) is 0 Å². The maximum atomic E-state index is 12.5. The van der Waals surface area contributed by atoms with Gasteiger partial charge in [-0.15, -0.1) is 0 Å². The highest BCUT2D eigenvalue weighted by Crippen LogP contribution is 2.35. The molecule has 0 N–H and O–H groups in total. The van der Waals surface area contributed by atoms with E-state index in [1.807, 2.05) is 52.0 Å². The number of imidazole rings is 1. The Balaban J connectivity index is 1.44. The van der Waals surface area contributed by atoms with E-state index in [0.29, 0.717) is 13.2 Å². The number of amides is 1. The van der Waals surface area contributed by atoms with Crippen molar-refractivity contribution in [2.45, 2.75) is 32.4 Å². The van der Waals surface area contributed by atoms with Crippen molar-refractivity contribution < 1.29 is 9.53 Å². The molecule has 5 rings (SSSR count). The predicted molar refractivity (Wildman–Crippen MR) is 126 cm³/mol. The molecule has 3 heterocycles. The smallest absolute Gasteiger partial charge is 0.299 e. The second-order valence-corrected chi connectivity index (χ2v) is 7.98. The van der Waals surface area contributed by atoms with Crippen molar-refractivity contribution in [3.8, 4) is 28.8 Å². The second-order valence-electron chi connectivity index (χ2n) is 7.98. The minimum atomic E-state index is -0.143. The van der Waals surface area contributed by atoms with Crippen LogP contribution in [0.3, 0.4) is 0 Å². The normalized spacial score (nSPS) is 15.3. The van der Waals surface area contributed by atoms with Gasteiger partial charge in [0.2, 0.25) is 0 Å². The Labute approximate surface area is 192 Å². The Morgan fingerprint density at radius 2 is 1.97 bits per heavy atom. The number of hydrogen-bond donors (Lipinski definition) is 0. The standard InChI is InChI=1S/C27H24N4O2/c1-2-7-25(32)30-16-6-10-23(30)27-29-26(24-18-28-15-17-31(24)27)21-13-11-20(12-14-21)19-33-22-8-4-3-5-9-22/h3-5,8-9,11-15,17-18,23H,6,10,16,19H2,1H3. The topological polar surface area (TPSA) is 59.7 Å². The van der Waals surface area contributed by atoms with Crippen LogP contribution in [0.4, 0.5) is 0 Å². The van der Waals surface area contributed by atoms with Crippen LogP contribution in [0.5, 0.6) is 5.75 Å². The fraction of sp³-hybridized carbons (Fsp3) is 0.222. The van der Waals surface area contributed by atoms with Gasteiger partial charge >= 0.3 is 0 Å². The molecule has 2 aromatic carbocycles. The van der Waals surface area contributed by atoms with E-state index in [0.717, 1.165) is 46.8 Å². The average molecular weight is 437 g/mol. The molecule has 1 aliphatic heterocycles. The lowest BCUT2D eigenvalue weighted by atomic mass is 10.1. The lowest BCUT2D eigenvalue weighted by Gasteiger charge is -2.21. The largest absolute Gasteiger partial charge is 0.489 e. The highest BCUT2D eigenvalue weighted by molar-refractivity contribution is 5.94. The molecule has 1 atom stereocenters. The Kier molecular flexibility index (Phi) is 5.77. The number of hydrogen-bond acceptors (Lipinski definition) is 4. The van der Waals surface area contributed by atoms with Crippen molar-refractivity contribution in [3.63, 3.8) is 0 Å². The number of fused-ring (bicyclic) bond motifs is 1. The van der Waals surface area contributed by atoms with Gasteiger partial charge in [0.15, 0.2) is 0 Å². The Bertz CT molecular complexity index is 1330. The van der Waals surface area contributed by atoms with E-state index in [2.05, 4.69) is 41.1 Å². The van der Waals surface area contributed by atoms with Gasteiger partial charge in [0.1, 0.15) is 18.2 Å². The number of carbonyl (C=O) groups is 1. The average Bonchev–Trinajstić information content (AvgIpc) is 3.49. The first-order valence-corrected chi connectivity index (χ1v) is 11.1. The van der Waals surface area contributed by atoms with Gasteiger partial charge in [-0.05, 0) is 43.4 Å². The SMILES string of the molecule is CC#CC(=O)N1CCCC1c1nc(-c2ccc(COc3ccccc3)cc2)c2cnccn12. The Morgan fingerprint density at radius 3 is 2.76 bits per heavy atom. The Hall–Kier alpha value is -4.11. The number of aromatic nitrogens is 3. The van der Waals surface area contributed by atoms with Gasteiger partial charge in [0.05, 0.1) is 23.4 Å². The minimum absolute atomic E-state index is 0.0967. The maximum Gasteiger partial charge on any atom is 0.299 e. The number of likely N-dealkylation sites (tertiary alicyclic amines) is 1. The van der Waals surface area contributed by atoms with E-state index in [1.54, 1.807) is 13.1 Å². The van der Waals surface area contributed by atoms with Crippen LogP contribution in [-0.2, 0) is 11.4 Å². The summed E-state index contributed by atoms with van der Waals surface area (Å²) in [6.45, 7) is 2.88. The van der Waals surface area contributed by atoms with Crippen LogP contribution in [0, 0.1) is 11.8 Å². The van der Waals surface area contributed by atoms with Gasteiger partial charge in [0, 0.05) is 24.5 Å². The number of ether oxygens (including phenoxy) is 1. The van der Waals surface area contributed by atoms with Gasteiger partial charge < -0.3 is 9.64 Å². The van der Waals surface area contributed by atoms with Crippen molar-refractivity contribution in [1.82, 2.24) is 19.3 Å². The van der Waals surface area contributed by atoms with Gasteiger partial charge in [-0.25, -0.2) is 4.98 Å². The third-order valence-electron chi connectivity index (χ3n) is 5.89. The van der Waals surface area contributed by atoms with Crippen LogP contribution in [-0.4, -0.2) is 31.7 Å². The van der Waals surface area contributed by atoms with Crippen molar-refractivity contribution >= 4 is 11.4 Å². The minimum Gasteiger partial charge on any atom is -0.489 e. The molecule has 0 bridgehead atoms. The maximum absolute atomic E-state index is 12.5. The van der Waals surface area contributed by atoms with Gasteiger partial charge in [-0.1, -0.05) is 48.4 Å². The fourth-order valence-electron chi connectivity index (χ4n) is 4.31. The molecular formula is C27H24N4O2. The third kappa shape index (κ3) is 4.18. The van der Waals surface area contributed by atoms with Crippen molar-refractivity contribution in [3.05, 3.63) is 84.6 Å². The summed E-state index contributed by atoms with van der Waals surface area (Å²) in [7, 11) is 0. The molecule has 1 amide bonds. The molecule has 164 valence electrons. The van der Waals surface area contributed by atoms with E-state index in [9.17, 15) is 4.79 Å². The quantitative estimate of drug-likeness (QED) is 0.427. The van der Waals surface area contributed by atoms with E-state index in [-0.39, 0.29) is 11.9 Å². The highest BCUT2D eigenvalue weighted by Gasteiger charge is 2.33. The van der Waals surface area contributed by atoms with Crippen LogP contribution < -0.4 is 4.74 Å². The Morgan fingerprint density at radius 1 is 1.15 bits per heavy atom. The van der Waals surface area contributed by atoms with Gasteiger partial charge in [-0.2, -0.15) is 0 Å². The summed E-state index contributed by atoms with van der Waals surface area (Å²) in [5.74, 6) is 6.96. The molecule has 0 saturated carbocycles. The third-order valence-corrected chi connectivity index (χ3v) is 5.89. The predicted octanol–water partition coefficient (Wildman–Crippen LogP) is 4.66. The number of rotatable bonds is 5. The zero-order chi connectivity index (χ0) is 22.6. The molecular weight excluding hydrogens is 412 g/mol. The van der Waals surface area contributed by atoms with Crippen molar-refractivity contribution in [2.75, 3.05) is 6.54 Å². The van der Waals surface area contributed by atoms with Crippen LogP contribution >= 0.6 is 0 Å². The van der Waals surface area contributed by atoms with E-state index < -0.39 is 0 Å². The van der Waals surface area contributed by atoms with Gasteiger partial charge in [0.25, 0.3) is 5.91 Å². The number of para-hydroxylation sites is 1. The van der Waals surface area contributed by atoms with Gasteiger partial charge in [-0.3, -0.25) is 14.2 Å². The summed E-state index contributed by atoms with van der Waals surface area (Å²) in [6.07, 6.45) is 7.29. The van der Waals surface area contributed by atoms with Crippen LogP contribution in [0.1, 0.15) is 37.2 Å². The van der Waals surface area contributed by atoms with Crippen LogP contribution in [0.2, 0.25) is 0 Å². The van der Waals surface area contributed by atoms with Crippen molar-refractivity contribution in [1.29, 1.82) is 0 Å². The lowest BCUT2D eigenvalue weighted by molar-refractivity contribution is -0.126. The molecule has 4 aromatic rings. The highest BCUT2D eigenvalue weighted by atomic mass is 16.5. The molecule has 0 spiro atoms. The summed E-state index contributed by atoms with van der Waals surface area (Å²) < 4.78 is 7.90. The molecule has 1 saturated heterocycles. The van der Waals surface area contributed by atoms with Crippen LogP contribution in [0.15, 0.2) is 73.2 Å². The molecule has 6 nitrogen and oxygen atoms in total. The molecule has 33 heavy (non-hydrogen) atoms. The summed E-state index contributed by atoms with van der Waals surface area (Å²) >= 11 is 0. The number of benzene rings is 2.